The van der Waals surface area contributed by atoms with Crippen LogP contribution in [0.25, 0.3) is 0 Å². The lowest BCUT2D eigenvalue weighted by Gasteiger charge is -2.37. The summed E-state index contributed by atoms with van der Waals surface area (Å²) in [5.74, 6) is 0. The molecule has 0 heterocycles. The summed E-state index contributed by atoms with van der Waals surface area (Å²) < 4.78 is 0. The summed E-state index contributed by atoms with van der Waals surface area (Å²) >= 11 is 3.55. The van der Waals surface area contributed by atoms with Gasteiger partial charge in [-0.1, -0.05) is 52.2 Å². The monoisotopic (exact) mass is 281 g/mol. The molecule has 1 nitrogen and oxygen atoms in total. The zero-order valence-electron chi connectivity index (χ0n) is 9.95. The third kappa shape index (κ3) is 3.08. The van der Waals surface area contributed by atoms with Crippen LogP contribution in [0.5, 0.6) is 0 Å². The van der Waals surface area contributed by atoms with E-state index in [9.17, 15) is 0 Å². The first-order valence-electron chi connectivity index (χ1n) is 6.15. The molecule has 0 saturated heterocycles. The molecule has 0 unspecified atom stereocenters. The lowest BCUT2D eigenvalue weighted by Crippen LogP contribution is -2.40. The van der Waals surface area contributed by atoms with Crippen molar-refractivity contribution in [3.05, 3.63) is 35.4 Å². The molecule has 1 aromatic rings. The topological polar surface area (TPSA) is 3.24 Å². The van der Waals surface area contributed by atoms with Gasteiger partial charge >= 0.3 is 0 Å². The average Bonchev–Trinajstić information content (AvgIpc) is 2.19. The zero-order chi connectivity index (χ0) is 11.4. The van der Waals surface area contributed by atoms with Crippen molar-refractivity contribution in [3.8, 4) is 0 Å². The van der Waals surface area contributed by atoms with Gasteiger partial charge in [0.2, 0.25) is 0 Å². The molecule has 0 radical (unpaired) electrons. The highest BCUT2D eigenvalue weighted by Crippen LogP contribution is 2.26. The highest BCUT2D eigenvalue weighted by molar-refractivity contribution is 9.09. The Morgan fingerprint density at radius 3 is 2.44 bits per heavy atom. The molecule has 1 aromatic carbocycles. The van der Waals surface area contributed by atoms with Gasteiger partial charge in [0.15, 0.2) is 0 Å². The molecule has 1 fully saturated rings. The van der Waals surface area contributed by atoms with Gasteiger partial charge in [-0.05, 0) is 25.3 Å². The molecule has 16 heavy (non-hydrogen) atoms. The van der Waals surface area contributed by atoms with Gasteiger partial charge in [0.25, 0.3) is 0 Å². The summed E-state index contributed by atoms with van der Waals surface area (Å²) in [4.78, 5) is 2.61. The van der Waals surface area contributed by atoms with Crippen LogP contribution in [0, 0.1) is 6.92 Å². The van der Waals surface area contributed by atoms with E-state index in [4.69, 9.17) is 0 Å². The predicted molar refractivity (Wildman–Crippen MR) is 73.0 cm³/mol. The Morgan fingerprint density at radius 1 is 1.25 bits per heavy atom. The van der Waals surface area contributed by atoms with Crippen molar-refractivity contribution in [2.75, 3.05) is 11.9 Å². The van der Waals surface area contributed by atoms with Gasteiger partial charge in [-0.15, -0.1) is 0 Å². The third-order valence-corrected chi connectivity index (χ3v) is 3.82. The first-order chi connectivity index (χ1) is 7.79. The summed E-state index contributed by atoms with van der Waals surface area (Å²) in [6, 6.07) is 9.77. The first-order valence-corrected chi connectivity index (χ1v) is 7.27. The molecule has 0 atom stereocenters. The van der Waals surface area contributed by atoms with E-state index in [0.29, 0.717) is 0 Å². The van der Waals surface area contributed by atoms with Crippen molar-refractivity contribution in [3.63, 3.8) is 0 Å². The minimum absolute atomic E-state index is 0.832. The highest BCUT2D eigenvalue weighted by Gasteiger charge is 2.24. The normalized spacial score (nSPS) is 16.4. The highest BCUT2D eigenvalue weighted by atomic mass is 79.9. The second-order valence-corrected chi connectivity index (χ2v) is 5.52. The van der Waals surface area contributed by atoms with Crippen LogP contribution in [0.15, 0.2) is 24.3 Å². The molecule has 0 aliphatic heterocycles. The largest absolute Gasteiger partial charge is 0.295 e. The maximum absolute atomic E-state index is 3.55. The van der Waals surface area contributed by atoms with E-state index < -0.39 is 0 Å². The van der Waals surface area contributed by atoms with Crippen molar-refractivity contribution in [1.82, 2.24) is 4.90 Å². The molecular weight excluding hydrogens is 262 g/mol. The van der Waals surface area contributed by atoms with Crippen molar-refractivity contribution in [2.24, 2.45) is 0 Å². The molecule has 1 aliphatic carbocycles. The molecule has 1 saturated carbocycles. The Labute approximate surface area is 107 Å². The van der Waals surface area contributed by atoms with Gasteiger partial charge in [0.05, 0.1) is 0 Å². The molecule has 0 spiro atoms. The van der Waals surface area contributed by atoms with Crippen LogP contribution < -0.4 is 0 Å². The number of aryl methyl sites for hydroxylation is 1. The van der Waals surface area contributed by atoms with Crippen molar-refractivity contribution < 1.29 is 0 Å². The van der Waals surface area contributed by atoms with Crippen LogP contribution in [-0.2, 0) is 6.54 Å². The fraction of sp³-hybridized carbons (Fsp3) is 0.571. The zero-order valence-corrected chi connectivity index (χ0v) is 11.5. The predicted octanol–water partition coefficient (Wildman–Crippen LogP) is 3.74. The molecule has 2 heteroatoms. The van der Waals surface area contributed by atoms with E-state index in [1.165, 1.54) is 36.9 Å². The maximum atomic E-state index is 3.55. The number of nitrogens with zero attached hydrogens (tertiary/aromatic N) is 1. The van der Waals surface area contributed by atoms with Crippen LogP contribution in [0.1, 0.15) is 30.4 Å². The van der Waals surface area contributed by atoms with Crippen molar-refractivity contribution >= 4 is 15.9 Å². The summed E-state index contributed by atoms with van der Waals surface area (Å²) in [7, 11) is 0. The fourth-order valence-electron chi connectivity index (χ4n) is 2.18. The summed E-state index contributed by atoms with van der Waals surface area (Å²) in [6.07, 6.45) is 4.19. The molecule has 1 aliphatic rings. The second-order valence-electron chi connectivity index (χ2n) is 4.73. The van der Waals surface area contributed by atoms with Gasteiger partial charge in [-0.25, -0.2) is 0 Å². The summed E-state index contributed by atoms with van der Waals surface area (Å²) in [5.41, 5.74) is 2.79. The number of rotatable bonds is 5. The van der Waals surface area contributed by atoms with Crippen LogP contribution in [0.3, 0.4) is 0 Å². The molecule has 88 valence electrons. The van der Waals surface area contributed by atoms with Gasteiger partial charge in [-0.3, -0.25) is 4.90 Å². The Morgan fingerprint density at radius 2 is 1.94 bits per heavy atom. The number of hydrogen-bond donors (Lipinski definition) is 0. The summed E-state index contributed by atoms with van der Waals surface area (Å²) in [6.45, 7) is 4.42. The van der Waals surface area contributed by atoms with Gasteiger partial charge < -0.3 is 0 Å². The minimum atomic E-state index is 0.832. The number of alkyl halides is 1. The van der Waals surface area contributed by atoms with Gasteiger partial charge in [0, 0.05) is 24.5 Å². The first kappa shape index (κ1) is 12.1. The Hall–Kier alpha value is -0.340. The van der Waals surface area contributed by atoms with Crippen molar-refractivity contribution in [2.45, 2.75) is 38.8 Å². The molecule has 0 aromatic heterocycles. The smallest absolute Gasteiger partial charge is 0.0237 e. The van der Waals surface area contributed by atoms with Gasteiger partial charge in [0.1, 0.15) is 0 Å². The van der Waals surface area contributed by atoms with E-state index in [1.807, 2.05) is 0 Å². The average molecular weight is 282 g/mol. The van der Waals surface area contributed by atoms with Crippen LogP contribution in [0.4, 0.5) is 0 Å². The Bertz CT molecular complexity index is 316. The van der Waals surface area contributed by atoms with Gasteiger partial charge in [-0.2, -0.15) is 0 Å². The number of benzene rings is 1. The maximum Gasteiger partial charge on any atom is 0.0237 e. The van der Waals surface area contributed by atoms with Crippen LogP contribution in [-0.4, -0.2) is 22.8 Å². The third-order valence-electron chi connectivity index (χ3n) is 3.47. The molecule has 0 bridgehead atoms. The van der Waals surface area contributed by atoms with E-state index in [-0.39, 0.29) is 0 Å². The second kappa shape index (κ2) is 5.83. The number of hydrogen-bond acceptors (Lipinski definition) is 1. The van der Waals surface area contributed by atoms with E-state index in [2.05, 4.69) is 52.0 Å². The van der Waals surface area contributed by atoms with E-state index in [1.54, 1.807) is 0 Å². The Kier molecular flexibility index (Phi) is 4.42. The molecule has 0 amide bonds. The lowest BCUT2D eigenvalue weighted by molar-refractivity contribution is 0.128. The van der Waals surface area contributed by atoms with Crippen LogP contribution >= 0.6 is 15.9 Å². The molecule has 2 rings (SSSR count). The van der Waals surface area contributed by atoms with E-state index >= 15 is 0 Å². The van der Waals surface area contributed by atoms with E-state index in [0.717, 1.165) is 17.9 Å². The molecular formula is C14H20BrN. The minimum Gasteiger partial charge on any atom is -0.295 e. The SMILES string of the molecule is Cc1ccc(CN(CCBr)C2CCC2)cc1. The molecule has 0 N–H and O–H groups in total. The van der Waals surface area contributed by atoms with Crippen molar-refractivity contribution in [1.29, 1.82) is 0 Å². The quantitative estimate of drug-likeness (QED) is 0.744. The number of halogens is 1. The summed E-state index contributed by atoms with van der Waals surface area (Å²) in [5, 5.41) is 1.08. The standard InChI is InChI=1S/C14H20BrN/c1-12-5-7-13(8-6-12)11-16(10-9-15)14-3-2-4-14/h5-8,14H,2-4,9-11H2,1H3. The fourth-order valence-corrected chi connectivity index (χ4v) is 2.63. The lowest BCUT2D eigenvalue weighted by atomic mass is 9.91. The van der Waals surface area contributed by atoms with Crippen LogP contribution in [0.2, 0.25) is 0 Å². The Balaban J connectivity index is 1.96.